The largest absolute Gasteiger partial charge is 0.306 e. The standard InChI is InChI=1S/C16H14ClFN2/c1-11(14-5-6-16(18)15(17)8-14)20-10-13-4-2-3-12(7-13)9-19/h2-8,11,20H,10H2,1H3. The molecule has 0 aliphatic rings. The molecule has 4 heteroatoms. The van der Waals surface area contributed by atoms with Gasteiger partial charge in [0.25, 0.3) is 0 Å². The summed E-state index contributed by atoms with van der Waals surface area (Å²) in [6, 6.07) is 14.3. The van der Waals surface area contributed by atoms with Gasteiger partial charge in [-0.2, -0.15) is 5.26 Å². The molecular weight excluding hydrogens is 275 g/mol. The first-order valence-electron chi connectivity index (χ1n) is 6.27. The van der Waals surface area contributed by atoms with Gasteiger partial charge in [-0.3, -0.25) is 0 Å². The van der Waals surface area contributed by atoms with E-state index in [9.17, 15) is 4.39 Å². The molecule has 1 unspecified atom stereocenters. The van der Waals surface area contributed by atoms with Crippen molar-refractivity contribution in [2.24, 2.45) is 0 Å². The maximum atomic E-state index is 13.1. The Kier molecular flexibility index (Phi) is 4.73. The van der Waals surface area contributed by atoms with Crippen molar-refractivity contribution >= 4 is 11.6 Å². The summed E-state index contributed by atoms with van der Waals surface area (Å²) in [6.07, 6.45) is 0. The van der Waals surface area contributed by atoms with E-state index >= 15 is 0 Å². The van der Waals surface area contributed by atoms with Gasteiger partial charge in [0.05, 0.1) is 16.7 Å². The molecule has 0 bridgehead atoms. The number of hydrogen-bond donors (Lipinski definition) is 1. The Morgan fingerprint density at radius 3 is 2.80 bits per heavy atom. The van der Waals surface area contributed by atoms with Gasteiger partial charge in [-0.25, -0.2) is 4.39 Å². The van der Waals surface area contributed by atoms with Crippen LogP contribution in [-0.2, 0) is 6.54 Å². The van der Waals surface area contributed by atoms with E-state index in [0.717, 1.165) is 11.1 Å². The van der Waals surface area contributed by atoms with Crippen molar-refractivity contribution in [1.82, 2.24) is 5.32 Å². The summed E-state index contributed by atoms with van der Waals surface area (Å²) >= 11 is 5.78. The minimum atomic E-state index is -0.413. The van der Waals surface area contributed by atoms with E-state index < -0.39 is 5.82 Å². The zero-order chi connectivity index (χ0) is 14.5. The van der Waals surface area contributed by atoms with E-state index in [4.69, 9.17) is 16.9 Å². The highest BCUT2D eigenvalue weighted by atomic mass is 35.5. The van der Waals surface area contributed by atoms with Crippen LogP contribution in [0.5, 0.6) is 0 Å². The Labute approximate surface area is 122 Å². The Bertz CT molecular complexity index is 649. The second-order valence-corrected chi connectivity index (χ2v) is 5.00. The molecule has 2 nitrogen and oxygen atoms in total. The van der Waals surface area contributed by atoms with E-state index in [-0.39, 0.29) is 11.1 Å². The summed E-state index contributed by atoms with van der Waals surface area (Å²) in [5.74, 6) is -0.413. The fraction of sp³-hybridized carbons (Fsp3) is 0.188. The summed E-state index contributed by atoms with van der Waals surface area (Å²) in [7, 11) is 0. The lowest BCUT2D eigenvalue weighted by Crippen LogP contribution is -2.18. The lowest BCUT2D eigenvalue weighted by atomic mass is 10.1. The predicted octanol–water partition coefficient (Wildman–Crippen LogP) is 4.20. The molecule has 2 aromatic carbocycles. The molecule has 0 aromatic heterocycles. The van der Waals surface area contributed by atoms with Crippen LogP contribution in [0.15, 0.2) is 42.5 Å². The predicted molar refractivity (Wildman–Crippen MR) is 77.8 cm³/mol. The first kappa shape index (κ1) is 14.5. The van der Waals surface area contributed by atoms with Gasteiger partial charge in [0.2, 0.25) is 0 Å². The summed E-state index contributed by atoms with van der Waals surface area (Å²) in [5, 5.41) is 12.3. The van der Waals surface area contributed by atoms with Crippen LogP contribution in [0.3, 0.4) is 0 Å². The Morgan fingerprint density at radius 1 is 1.30 bits per heavy atom. The molecule has 0 saturated carbocycles. The Hall–Kier alpha value is -1.89. The van der Waals surface area contributed by atoms with Crippen LogP contribution in [0.1, 0.15) is 29.7 Å². The zero-order valence-corrected chi connectivity index (χ0v) is 11.8. The number of nitrogens with zero attached hydrogens (tertiary/aromatic N) is 1. The van der Waals surface area contributed by atoms with Gasteiger partial charge in [-0.05, 0) is 42.3 Å². The molecular formula is C16H14ClFN2. The molecule has 1 N–H and O–H groups in total. The Balaban J connectivity index is 2.02. The van der Waals surface area contributed by atoms with Crippen molar-refractivity contribution in [3.05, 3.63) is 70.0 Å². The third kappa shape index (κ3) is 3.57. The molecule has 102 valence electrons. The van der Waals surface area contributed by atoms with Crippen molar-refractivity contribution < 1.29 is 4.39 Å². The number of nitrogens with one attached hydrogen (secondary N) is 1. The molecule has 0 heterocycles. The second-order valence-electron chi connectivity index (χ2n) is 4.59. The van der Waals surface area contributed by atoms with E-state index in [0.29, 0.717) is 12.1 Å². The molecule has 2 aromatic rings. The number of rotatable bonds is 4. The van der Waals surface area contributed by atoms with Crippen LogP contribution in [0.25, 0.3) is 0 Å². The molecule has 0 aliphatic heterocycles. The van der Waals surface area contributed by atoms with Gasteiger partial charge < -0.3 is 5.32 Å². The fourth-order valence-corrected chi connectivity index (χ4v) is 2.11. The molecule has 0 amide bonds. The highest BCUT2D eigenvalue weighted by Crippen LogP contribution is 2.21. The van der Waals surface area contributed by atoms with Crippen LogP contribution >= 0.6 is 11.6 Å². The van der Waals surface area contributed by atoms with E-state index in [1.165, 1.54) is 6.07 Å². The normalized spacial score (nSPS) is 11.9. The monoisotopic (exact) mass is 288 g/mol. The molecule has 2 rings (SSSR count). The van der Waals surface area contributed by atoms with Crippen LogP contribution in [0, 0.1) is 17.1 Å². The van der Waals surface area contributed by atoms with Gasteiger partial charge >= 0.3 is 0 Å². The lowest BCUT2D eigenvalue weighted by Gasteiger charge is -2.15. The summed E-state index contributed by atoms with van der Waals surface area (Å²) in [6.45, 7) is 2.61. The van der Waals surface area contributed by atoms with Crippen LogP contribution in [0.4, 0.5) is 4.39 Å². The van der Waals surface area contributed by atoms with E-state index in [1.807, 2.05) is 25.1 Å². The highest BCUT2D eigenvalue weighted by molar-refractivity contribution is 6.30. The number of halogens is 2. The molecule has 0 spiro atoms. The molecule has 0 aliphatic carbocycles. The van der Waals surface area contributed by atoms with Gasteiger partial charge in [0.1, 0.15) is 5.82 Å². The van der Waals surface area contributed by atoms with Crippen LogP contribution in [-0.4, -0.2) is 0 Å². The molecule has 0 saturated heterocycles. The molecule has 20 heavy (non-hydrogen) atoms. The summed E-state index contributed by atoms with van der Waals surface area (Å²) < 4.78 is 13.1. The van der Waals surface area contributed by atoms with Gasteiger partial charge in [-0.1, -0.05) is 29.8 Å². The van der Waals surface area contributed by atoms with Crippen molar-refractivity contribution in [1.29, 1.82) is 5.26 Å². The SMILES string of the molecule is CC(NCc1cccc(C#N)c1)c1ccc(F)c(Cl)c1. The van der Waals surface area contributed by atoms with Crippen molar-refractivity contribution in [3.8, 4) is 6.07 Å². The third-order valence-electron chi connectivity index (χ3n) is 3.11. The zero-order valence-electron chi connectivity index (χ0n) is 11.0. The summed E-state index contributed by atoms with van der Waals surface area (Å²) in [5.41, 5.74) is 2.60. The highest BCUT2D eigenvalue weighted by Gasteiger charge is 2.08. The maximum absolute atomic E-state index is 13.1. The number of hydrogen-bond acceptors (Lipinski definition) is 2. The van der Waals surface area contributed by atoms with E-state index in [1.54, 1.807) is 18.2 Å². The number of benzene rings is 2. The first-order chi connectivity index (χ1) is 9.60. The van der Waals surface area contributed by atoms with Crippen molar-refractivity contribution in [2.45, 2.75) is 19.5 Å². The average Bonchev–Trinajstić information content (AvgIpc) is 2.47. The van der Waals surface area contributed by atoms with Gasteiger partial charge in [0.15, 0.2) is 0 Å². The quantitative estimate of drug-likeness (QED) is 0.915. The molecule has 0 fully saturated rings. The van der Waals surface area contributed by atoms with Crippen molar-refractivity contribution in [2.75, 3.05) is 0 Å². The summed E-state index contributed by atoms with van der Waals surface area (Å²) in [4.78, 5) is 0. The number of nitriles is 1. The third-order valence-corrected chi connectivity index (χ3v) is 3.40. The topological polar surface area (TPSA) is 35.8 Å². The van der Waals surface area contributed by atoms with Crippen molar-refractivity contribution in [3.63, 3.8) is 0 Å². The smallest absolute Gasteiger partial charge is 0.141 e. The molecule has 0 radical (unpaired) electrons. The van der Waals surface area contributed by atoms with Crippen LogP contribution < -0.4 is 5.32 Å². The maximum Gasteiger partial charge on any atom is 0.141 e. The average molecular weight is 289 g/mol. The van der Waals surface area contributed by atoms with Gasteiger partial charge in [-0.15, -0.1) is 0 Å². The van der Waals surface area contributed by atoms with Gasteiger partial charge in [0, 0.05) is 12.6 Å². The lowest BCUT2D eigenvalue weighted by molar-refractivity contribution is 0.571. The Morgan fingerprint density at radius 2 is 2.10 bits per heavy atom. The van der Waals surface area contributed by atoms with Crippen LogP contribution in [0.2, 0.25) is 5.02 Å². The fourth-order valence-electron chi connectivity index (χ4n) is 1.92. The minimum Gasteiger partial charge on any atom is -0.306 e. The minimum absolute atomic E-state index is 0.0406. The molecule has 1 atom stereocenters. The van der Waals surface area contributed by atoms with E-state index in [2.05, 4.69) is 11.4 Å². The second kappa shape index (κ2) is 6.51. The first-order valence-corrected chi connectivity index (χ1v) is 6.65.